The number of carbonyl (C=O) groups excluding carboxylic acids is 1. The van der Waals surface area contributed by atoms with Crippen LogP contribution in [0.3, 0.4) is 0 Å². The third-order valence-corrected chi connectivity index (χ3v) is 5.35. The summed E-state index contributed by atoms with van der Waals surface area (Å²) in [6.45, 7) is 10.9. The summed E-state index contributed by atoms with van der Waals surface area (Å²) in [5, 5.41) is 6.43. The molecular weight excluding hydrogens is 324 g/mol. The number of rotatable bonds is 6. The maximum absolute atomic E-state index is 12.1. The van der Waals surface area contributed by atoms with E-state index in [0.717, 1.165) is 44.3 Å². The molecule has 1 heterocycles. The first kappa shape index (κ1) is 21.1. The molecule has 0 radical (unpaired) electrons. The molecule has 1 aliphatic heterocycles. The molecule has 1 saturated heterocycles. The minimum absolute atomic E-state index is 0.00309. The van der Waals surface area contributed by atoms with Crippen molar-refractivity contribution in [2.45, 2.75) is 50.8 Å². The molecular formula is C17H34N4O2S. The Morgan fingerprint density at radius 3 is 2.46 bits per heavy atom. The predicted molar refractivity (Wildman–Crippen MR) is 103 cm³/mol. The SMILES string of the molecule is CCSC1(CNC(=NC)N(C)CC(=O)NC(C)(C)C)CCOCC1. The van der Waals surface area contributed by atoms with Crippen LogP contribution in [0.15, 0.2) is 4.99 Å². The van der Waals surface area contributed by atoms with Crippen molar-refractivity contribution in [3.63, 3.8) is 0 Å². The summed E-state index contributed by atoms with van der Waals surface area (Å²) in [4.78, 5) is 18.3. The van der Waals surface area contributed by atoms with E-state index in [0.29, 0.717) is 0 Å². The Bertz CT molecular complexity index is 423. The molecule has 1 amide bonds. The van der Waals surface area contributed by atoms with Gasteiger partial charge in [0.15, 0.2) is 5.96 Å². The van der Waals surface area contributed by atoms with Crippen molar-refractivity contribution in [1.82, 2.24) is 15.5 Å². The van der Waals surface area contributed by atoms with Gasteiger partial charge in [0, 0.05) is 44.1 Å². The molecule has 0 aliphatic carbocycles. The maximum atomic E-state index is 12.1. The average Bonchev–Trinajstić information content (AvgIpc) is 2.47. The standard InChI is InChI=1S/C17H34N4O2S/c1-7-24-17(8-10-23-11-9-17)13-19-15(18-5)21(6)12-14(22)20-16(2,3)4/h7-13H2,1-6H3,(H,18,19)(H,20,22). The molecule has 0 bridgehead atoms. The van der Waals surface area contributed by atoms with E-state index < -0.39 is 0 Å². The fourth-order valence-electron chi connectivity index (χ4n) is 2.79. The van der Waals surface area contributed by atoms with Gasteiger partial charge in [0.25, 0.3) is 0 Å². The van der Waals surface area contributed by atoms with Crippen LogP contribution in [0, 0.1) is 0 Å². The third kappa shape index (κ3) is 7.30. The second-order valence-electron chi connectivity index (χ2n) is 7.28. The minimum Gasteiger partial charge on any atom is -0.381 e. The Morgan fingerprint density at radius 2 is 1.96 bits per heavy atom. The minimum atomic E-state index is -0.223. The quantitative estimate of drug-likeness (QED) is 0.559. The Balaban J connectivity index is 2.58. The molecule has 0 aromatic carbocycles. The van der Waals surface area contributed by atoms with Crippen LogP contribution in [0.5, 0.6) is 0 Å². The highest BCUT2D eigenvalue weighted by molar-refractivity contribution is 8.00. The molecule has 1 fully saturated rings. The van der Waals surface area contributed by atoms with Crippen molar-refractivity contribution in [2.75, 3.05) is 46.2 Å². The first-order chi connectivity index (χ1) is 11.2. The number of nitrogens with zero attached hydrogens (tertiary/aromatic N) is 2. The summed E-state index contributed by atoms with van der Waals surface area (Å²) in [6.07, 6.45) is 2.09. The molecule has 1 aliphatic rings. The topological polar surface area (TPSA) is 66.0 Å². The number of likely N-dealkylation sites (N-methyl/N-ethyl adjacent to an activating group) is 1. The smallest absolute Gasteiger partial charge is 0.240 e. The van der Waals surface area contributed by atoms with Crippen molar-refractivity contribution >= 4 is 23.6 Å². The lowest BCUT2D eigenvalue weighted by Crippen LogP contribution is -2.51. The Morgan fingerprint density at radius 1 is 1.33 bits per heavy atom. The van der Waals surface area contributed by atoms with Crippen LogP contribution in [-0.4, -0.2) is 73.2 Å². The van der Waals surface area contributed by atoms with Gasteiger partial charge in [-0.05, 0) is 39.4 Å². The number of carbonyl (C=O) groups is 1. The monoisotopic (exact) mass is 358 g/mol. The summed E-state index contributed by atoms with van der Waals surface area (Å²) in [6, 6.07) is 0. The van der Waals surface area contributed by atoms with Crippen LogP contribution < -0.4 is 10.6 Å². The Labute approximate surface area is 151 Å². The summed E-state index contributed by atoms with van der Waals surface area (Å²) in [7, 11) is 3.64. The van der Waals surface area contributed by atoms with Gasteiger partial charge in [0.1, 0.15) is 0 Å². The lowest BCUT2D eigenvalue weighted by Gasteiger charge is -2.37. The predicted octanol–water partition coefficient (Wildman–Crippen LogP) is 1.71. The molecule has 0 atom stereocenters. The van der Waals surface area contributed by atoms with E-state index in [1.807, 2.05) is 44.5 Å². The molecule has 140 valence electrons. The van der Waals surface area contributed by atoms with Gasteiger partial charge >= 0.3 is 0 Å². The van der Waals surface area contributed by atoms with E-state index in [4.69, 9.17) is 4.74 Å². The number of nitrogens with one attached hydrogen (secondary N) is 2. The van der Waals surface area contributed by atoms with Crippen LogP contribution in [-0.2, 0) is 9.53 Å². The number of thioether (sulfide) groups is 1. The highest BCUT2D eigenvalue weighted by Crippen LogP contribution is 2.34. The summed E-state index contributed by atoms with van der Waals surface area (Å²) < 4.78 is 5.71. The molecule has 6 nitrogen and oxygen atoms in total. The number of ether oxygens (including phenoxy) is 1. The van der Waals surface area contributed by atoms with Crippen LogP contribution in [0.25, 0.3) is 0 Å². The van der Waals surface area contributed by atoms with Crippen LogP contribution in [0.1, 0.15) is 40.5 Å². The van der Waals surface area contributed by atoms with Gasteiger partial charge in [-0.15, -0.1) is 0 Å². The van der Waals surface area contributed by atoms with E-state index in [1.165, 1.54) is 0 Å². The fourth-order valence-corrected chi connectivity index (χ4v) is 4.04. The molecule has 1 rings (SSSR count). The molecule has 0 saturated carbocycles. The van der Waals surface area contributed by atoms with Crippen LogP contribution in [0.4, 0.5) is 0 Å². The fraction of sp³-hybridized carbons (Fsp3) is 0.882. The zero-order valence-corrected chi connectivity index (χ0v) is 16.9. The van der Waals surface area contributed by atoms with E-state index in [9.17, 15) is 4.79 Å². The van der Waals surface area contributed by atoms with E-state index in [1.54, 1.807) is 7.05 Å². The van der Waals surface area contributed by atoms with Crippen molar-refractivity contribution in [3.05, 3.63) is 0 Å². The van der Waals surface area contributed by atoms with Gasteiger partial charge in [0.05, 0.1) is 6.54 Å². The molecule has 24 heavy (non-hydrogen) atoms. The molecule has 7 heteroatoms. The number of guanidine groups is 1. The van der Waals surface area contributed by atoms with E-state index in [-0.39, 0.29) is 22.7 Å². The Kier molecular flexibility index (Phi) is 8.36. The van der Waals surface area contributed by atoms with Gasteiger partial charge in [0.2, 0.25) is 5.91 Å². The molecule has 0 spiro atoms. The second kappa shape index (κ2) is 9.51. The largest absolute Gasteiger partial charge is 0.381 e. The zero-order valence-electron chi connectivity index (χ0n) is 16.1. The summed E-state index contributed by atoms with van der Waals surface area (Å²) in [5.74, 6) is 1.84. The number of aliphatic imine (C=N–C) groups is 1. The highest BCUT2D eigenvalue weighted by Gasteiger charge is 2.33. The first-order valence-corrected chi connectivity index (χ1v) is 9.64. The van der Waals surface area contributed by atoms with Crippen LogP contribution in [0.2, 0.25) is 0 Å². The lowest BCUT2D eigenvalue weighted by molar-refractivity contribution is -0.122. The van der Waals surface area contributed by atoms with E-state index >= 15 is 0 Å². The number of amides is 1. The van der Waals surface area contributed by atoms with Crippen molar-refractivity contribution in [3.8, 4) is 0 Å². The molecule has 0 unspecified atom stereocenters. The summed E-state index contributed by atoms with van der Waals surface area (Å²) >= 11 is 1.99. The Hall–Kier alpha value is -0.950. The van der Waals surface area contributed by atoms with Gasteiger partial charge in [-0.1, -0.05) is 6.92 Å². The third-order valence-electron chi connectivity index (χ3n) is 3.89. The van der Waals surface area contributed by atoms with Crippen molar-refractivity contribution in [1.29, 1.82) is 0 Å². The van der Waals surface area contributed by atoms with Gasteiger partial charge in [-0.25, -0.2) is 0 Å². The number of hydrogen-bond donors (Lipinski definition) is 2. The van der Waals surface area contributed by atoms with E-state index in [2.05, 4.69) is 22.5 Å². The first-order valence-electron chi connectivity index (χ1n) is 8.66. The highest BCUT2D eigenvalue weighted by atomic mass is 32.2. The molecule has 2 N–H and O–H groups in total. The molecule has 0 aromatic rings. The van der Waals surface area contributed by atoms with Crippen LogP contribution >= 0.6 is 11.8 Å². The normalized spacial score (nSPS) is 18.2. The van der Waals surface area contributed by atoms with Gasteiger partial charge in [-0.2, -0.15) is 11.8 Å². The van der Waals surface area contributed by atoms with Crippen molar-refractivity contribution in [2.24, 2.45) is 4.99 Å². The van der Waals surface area contributed by atoms with Gasteiger partial charge in [-0.3, -0.25) is 9.79 Å². The van der Waals surface area contributed by atoms with Crippen molar-refractivity contribution < 1.29 is 9.53 Å². The number of hydrogen-bond acceptors (Lipinski definition) is 4. The maximum Gasteiger partial charge on any atom is 0.240 e. The zero-order chi connectivity index (χ0) is 18.2. The average molecular weight is 359 g/mol. The second-order valence-corrected chi connectivity index (χ2v) is 9.02. The molecule has 0 aromatic heterocycles. The van der Waals surface area contributed by atoms with Gasteiger partial charge < -0.3 is 20.3 Å². The lowest BCUT2D eigenvalue weighted by atomic mass is 9.99. The summed E-state index contributed by atoms with van der Waals surface area (Å²) in [5.41, 5.74) is -0.223.